The van der Waals surface area contributed by atoms with Crippen molar-refractivity contribution in [2.75, 3.05) is 0 Å². The van der Waals surface area contributed by atoms with Crippen molar-refractivity contribution in [3.63, 3.8) is 0 Å². The van der Waals surface area contributed by atoms with Crippen molar-refractivity contribution in [1.82, 2.24) is 9.97 Å². The summed E-state index contributed by atoms with van der Waals surface area (Å²) >= 11 is 7.71. The van der Waals surface area contributed by atoms with E-state index in [1.165, 1.54) is 25.7 Å². The van der Waals surface area contributed by atoms with Gasteiger partial charge in [-0.1, -0.05) is 12.8 Å². The van der Waals surface area contributed by atoms with E-state index in [1.807, 2.05) is 18.0 Å². The van der Waals surface area contributed by atoms with Crippen LogP contribution in [0.4, 0.5) is 0 Å². The quantitative estimate of drug-likeness (QED) is 0.804. The molecule has 0 radical (unpaired) electrons. The van der Waals surface area contributed by atoms with Gasteiger partial charge in [0, 0.05) is 17.1 Å². The van der Waals surface area contributed by atoms with Crippen LogP contribution < -0.4 is 0 Å². The Balaban J connectivity index is 1.79. The van der Waals surface area contributed by atoms with Gasteiger partial charge in [0.15, 0.2) is 0 Å². The molecule has 1 aromatic heterocycles. The van der Waals surface area contributed by atoms with Gasteiger partial charge in [0.1, 0.15) is 5.82 Å². The third-order valence-electron chi connectivity index (χ3n) is 2.58. The molecule has 1 aliphatic rings. The van der Waals surface area contributed by atoms with Crippen LogP contribution in [-0.4, -0.2) is 15.2 Å². The molecule has 4 heteroatoms. The molecule has 0 saturated heterocycles. The molecule has 78 valence electrons. The molecular formula is C10H15ClN2S. The van der Waals surface area contributed by atoms with Crippen LogP contribution in [-0.2, 0) is 11.6 Å². The molecule has 0 unspecified atom stereocenters. The van der Waals surface area contributed by atoms with Crippen LogP contribution in [0.5, 0.6) is 0 Å². The summed E-state index contributed by atoms with van der Waals surface area (Å²) in [5.41, 5.74) is 1.02. The standard InChI is InChI=1S/C10H15ClN2S/c11-5-8-6-12-10(13-8)7-14-9-3-1-2-4-9/h6,9H,1-5,7H2,(H,12,13). The van der Waals surface area contributed by atoms with E-state index in [0.717, 1.165) is 22.5 Å². The van der Waals surface area contributed by atoms with Crippen LogP contribution in [0.1, 0.15) is 37.2 Å². The van der Waals surface area contributed by atoms with Crippen molar-refractivity contribution in [3.8, 4) is 0 Å². The average Bonchev–Trinajstić information content (AvgIpc) is 2.86. The molecule has 0 spiro atoms. The number of nitrogens with zero attached hydrogens (tertiary/aromatic N) is 1. The number of H-pyrrole nitrogens is 1. The van der Waals surface area contributed by atoms with Gasteiger partial charge in [-0.05, 0) is 12.8 Å². The number of halogens is 1. The van der Waals surface area contributed by atoms with Crippen molar-refractivity contribution < 1.29 is 0 Å². The number of rotatable bonds is 4. The third kappa shape index (κ3) is 2.67. The highest BCUT2D eigenvalue weighted by atomic mass is 35.5. The first kappa shape index (κ1) is 10.4. The molecule has 1 heterocycles. The molecule has 1 saturated carbocycles. The van der Waals surface area contributed by atoms with Gasteiger partial charge in [-0.3, -0.25) is 0 Å². The van der Waals surface area contributed by atoms with Crippen LogP contribution in [0.2, 0.25) is 0 Å². The average molecular weight is 231 g/mol. The number of hydrogen-bond acceptors (Lipinski definition) is 2. The molecule has 0 atom stereocenters. The maximum absolute atomic E-state index is 5.69. The van der Waals surface area contributed by atoms with Gasteiger partial charge in [0.2, 0.25) is 0 Å². The number of nitrogens with one attached hydrogen (secondary N) is 1. The van der Waals surface area contributed by atoms with Gasteiger partial charge < -0.3 is 4.98 Å². The van der Waals surface area contributed by atoms with Gasteiger partial charge in [-0.15, -0.1) is 11.6 Å². The fraction of sp³-hybridized carbons (Fsp3) is 0.700. The highest BCUT2D eigenvalue weighted by Gasteiger charge is 2.15. The molecule has 0 bridgehead atoms. The van der Waals surface area contributed by atoms with E-state index >= 15 is 0 Å². The fourth-order valence-electron chi connectivity index (χ4n) is 1.80. The van der Waals surface area contributed by atoms with Crippen LogP contribution in [0, 0.1) is 0 Å². The highest BCUT2D eigenvalue weighted by molar-refractivity contribution is 7.99. The predicted molar refractivity (Wildman–Crippen MR) is 61.7 cm³/mol. The lowest BCUT2D eigenvalue weighted by atomic mass is 10.4. The van der Waals surface area contributed by atoms with Crippen LogP contribution in [0.25, 0.3) is 0 Å². The van der Waals surface area contributed by atoms with Gasteiger partial charge in [-0.2, -0.15) is 11.8 Å². The first-order valence-corrected chi connectivity index (χ1v) is 6.67. The second-order valence-corrected chi connectivity index (χ2v) is 5.26. The first-order valence-electron chi connectivity index (χ1n) is 5.09. The Kier molecular flexibility index (Phi) is 3.76. The molecule has 1 aliphatic carbocycles. The summed E-state index contributed by atoms with van der Waals surface area (Å²) in [5.74, 6) is 2.60. The summed E-state index contributed by atoms with van der Waals surface area (Å²) in [6.07, 6.45) is 7.41. The zero-order valence-corrected chi connectivity index (χ0v) is 9.70. The Morgan fingerprint density at radius 2 is 2.29 bits per heavy atom. The lowest BCUT2D eigenvalue weighted by Gasteiger charge is -2.05. The van der Waals surface area contributed by atoms with Crippen LogP contribution in [0.15, 0.2) is 6.20 Å². The largest absolute Gasteiger partial charge is 0.344 e. The number of hydrogen-bond donors (Lipinski definition) is 1. The zero-order valence-electron chi connectivity index (χ0n) is 8.13. The number of imidazole rings is 1. The van der Waals surface area contributed by atoms with E-state index in [2.05, 4.69) is 9.97 Å². The molecule has 1 N–H and O–H groups in total. The minimum atomic E-state index is 0.529. The lowest BCUT2D eigenvalue weighted by Crippen LogP contribution is -1.95. The SMILES string of the molecule is ClCc1cnc(CSC2CCCC2)[nH]1. The molecule has 0 aliphatic heterocycles. The normalized spacial score (nSPS) is 17.8. The minimum absolute atomic E-state index is 0.529. The van der Waals surface area contributed by atoms with Gasteiger partial charge in [0.25, 0.3) is 0 Å². The summed E-state index contributed by atoms with van der Waals surface area (Å²) in [6, 6.07) is 0. The fourth-order valence-corrected chi connectivity index (χ4v) is 3.14. The van der Waals surface area contributed by atoms with Crippen LogP contribution >= 0.6 is 23.4 Å². The van der Waals surface area contributed by atoms with Crippen molar-refractivity contribution in [2.45, 2.75) is 42.6 Å². The van der Waals surface area contributed by atoms with Crippen molar-refractivity contribution in [2.24, 2.45) is 0 Å². The summed E-state index contributed by atoms with van der Waals surface area (Å²) in [5, 5.41) is 0.861. The van der Waals surface area contributed by atoms with Crippen molar-refractivity contribution >= 4 is 23.4 Å². The number of alkyl halides is 1. The third-order valence-corrected chi connectivity index (χ3v) is 4.25. The Bertz CT molecular complexity index is 281. The smallest absolute Gasteiger partial charge is 0.116 e. The van der Waals surface area contributed by atoms with E-state index in [-0.39, 0.29) is 0 Å². The van der Waals surface area contributed by atoms with Gasteiger partial charge in [0.05, 0.1) is 11.6 Å². The second kappa shape index (κ2) is 5.08. The predicted octanol–water partition coefficient (Wildman–Crippen LogP) is 3.32. The molecule has 14 heavy (non-hydrogen) atoms. The zero-order chi connectivity index (χ0) is 9.80. The second-order valence-electron chi connectivity index (χ2n) is 3.71. The topological polar surface area (TPSA) is 28.7 Å². The molecule has 0 aromatic carbocycles. The molecule has 2 nitrogen and oxygen atoms in total. The summed E-state index contributed by atoms with van der Waals surface area (Å²) in [4.78, 5) is 7.51. The first-order chi connectivity index (χ1) is 6.88. The molecule has 1 aromatic rings. The Morgan fingerprint density at radius 1 is 1.50 bits per heavy atom. The van der Waals surface area contributed by atoms with Gasteiger partial charge in [-0.25, -0.2) is 4.98 Å². The maximum Gasteiger partial charge on any atom is 0.116 e. The van der Waals surface area contributed by atoms with E-state index in [0.29, 0.717) is 5.88 Å². The molecule has 0 amide bonds. The summed E-state index contributed by atoms with van der Waals surface area (Å²) < 4.78 is 0. The Labute approximate surface area is 93.8 Å². The number of thioether (sulfide) groups is 1. The molecule has 2 rings (SSSR count). The number of aromatic nitrogens is 2. The molecular weight excluding hydrogens is 216 g/mol. The van der Waals surface area contributed by atoms with E-state index in [1.54, 1.807) is 0 Å². The van der Waals surface area contributed by atoms with E-state index in [9.17, 15) is 0 Å². The van der Waals surface area contributed by atoms with Gasteiger partial charge >= 0.3 is 0 Å². The van der Waals surface area contributed by atoms with E-state index in [4.69, 9.17) is 11.6 Å². The van der Waals surface area contributed by atoms with E-state index < -0.39 is 0 Å². The minimum Gasteiger partial charge on any atom is -0.344 e. The number of aromatic amines is 1. The lowest BCUT2D eigenvalue weighted by molar-refractivity contribution is 0.886. The Morgan fingerprint density at radius 3 is 2.93 bits per heavy atom. The summed E-state index contributed by atoms with van der Waals surface area (Å²) in [6.45, 7) is 0. The monoisotopic (exact) mass is 230 g/mol. The summed E-state index contributed by atoms with van der Waals surface area (Å²) in [7, 11) is 0. The maximum atomic E-state index is 5.69. The molecule has 1 fully saturated rings. The highest BCUT2D eigenvalue weighted by Crippen LogP contribution is 2.30. The Hall–Kier alpha value is -0.150. The van der Waals surface area contributed by atoms with Crippen LogP contribution in [0.3, 0.4) is 0 Å². The van der Waals surface area contributed by atoms with Crippen molar-refractivity contribution in [3.05, 3.63) is 17.7 Å². The van der Waals surface area contributed by atoms with Crippen molar-refractivity contribution in [1.29, 1.82) is 0 Å².